The Kier molecular flexibility index (Phi) is 9.85. The highest BCUT2D eigenvalue weighted by Crippen LogP contribution is 2.40. The van der Waals surface area contributed by atoms with E-state index in [9.17, 15) is 4.79 Å². The van der Waals surface area contributed by atoms with Crippen LogP contribution in [0.5, 0.6) is 0 Å². The number of fused-ring (bicyclic) bond motifs is 2. The number of carbonyl (C=O) groups excluding carboxylic acids is 1. The second-order valence-electron chi connectivity index (χ2n) is 8.57. The molecule has 34 heavy (non-hydrogen) atoms. The molecule has 0 spiro atoms. The van der Waals surface area contributed by atoms with E-state index in [1.54, 1.807) is 11.8 Å². The average Bonchev–Trinajstić information content (AvgIpc) is 2.97. The summed E-state index contributed by atoms with van der Waals surface area (Å²) in [5, 5.41) is 3.92. The van der Waals surface area contributed by atoms with E-state index in [1.807, 2.05) is 56.5 Å². The first-order valence-corrected chi connectivity index (χ1v) is 13.1. The van der Waals surface area contributed by atoms with Crippen LogP contribution in [0.2, 0.25) is 0 Å². The van der Waals surface area contributed by atoms with Gasteiger partial charge in [0, 0.05) is 51.0 Å². The number of benzene rings is 2. The Bertz CT molecular complexity index is 1110. The van der Waals surface area contributed by atoms with Crippen LogP contribution in [0.25, 0.3) is 0 Å². The maximum atomic E-state index is 12.4. The number of aliphatic imine (C=N–C) groups is 1. The van der Waals surface area contributed by atoms with Gasteiger partial charge in [0.05, 0.1) is 12.2 Å². The predicted octanol–water partition coefficient (Wildman–Crippen LogP) is 7.56. The van der Waals surface area contributed by atoms with Crippen LogP contribution in [0.15, 0.2) is 80.1 Å². The van der Waals surface area contributed by atoms with E-state index in [4.69, 9.17) is 16.6 Å². The van der Waals surface area contributed by atoms with E-state index >= 15 is 0 Å². The van der Waals surface area contributed by atoms with Gasteiger partial charge in [-0.05, 0) is 56.7 Å². The van der Waals surface area contributed by atoms with Crippen molar-refractivity contribution in [2.75, 3.05) is 20.1 Å². The number of unbranched alkanes of at least 4 members (excludes halogenated alkanes) is 3. The number of hydrogen-bond donors (Lipinski definition) is 1. The predicted molar refractivity (Wildman–Crippen MR) is 146 cm³/mol. The Morgan fingerprint density at radius 1 is 1.09 bits per heavy atom. The van der Waals surface area contributed by atoms with E-state index in [0.29, 0.717) is 5.56 Å². The fourth-order valence-corrected chi connectivity index (χ4v) is 4.94. The number of nitrogens with zero attached hydrogens (tertiary/aromatic N) is 2. The lowest BCUT2D eigenvalue weighted by Crippen LogP contribution is -2.24. The van der Waals surface area contributed by atoms with Crippen molar-refractivity contribution in [3.63, 3.8) is 0 Å². The number of rotatable bonds is 6. The van der Waals surface area contributed by atoms with E-state index in [1.165, 1.54) is 29.9 Å². The van der Waals surface area contributed by atoms with Crippen LogP contribution in [0, 0.1) is 0 Å². The molecule has 4 nitrogen and oxygen atoms in total. The monoisotopic (exact) mass is 495 g/mol. The van der Waals surface area contributed by atoms with E-state index in [2.05, 4.69) is 36.2 Å². The molecule has 2 heterocycles. The normalized spacial score (nSPS) is 14.4. The minimum Gasteiger partial charge on any atom is -0.373 e. The molecule has 0 saturated heterocycles. The summed E-state index contributed by atoms with van der Waals surface area (Å²) in [4.78, 5) is 21.5. The number of nitrogens with one attached hydrogen (secondary N) is 1. The van der Waals surface area contributed by atoms with Crippen molar-refractivity contribution in [3.8, 4) is 0 Å². The molecule has 1 N–H and O–H groups in total. The molecule has 0 saturated carbocycles. The molecule has 0 radical (unpaired) electrons. The number of allylic oxidation sites excluding steroid dienone is 3. The molecule has 0 fully saturated rings. The van der Waals surface area contributed by atoms with Gasteiger partial charge in [-0.1, -0.05) is 67.7 Å². The minimum atomic E-state index is -0.0149. The van der Waals surface area contributed by atoms with Crippen LogP contribution in [-0.4, -0.2) is 36.7 Å². The molecular formula is C28H34ClN3OS. The van der Waals surface area contributed by atoms with E-state index in [0.717, 1.165) is 46.4 Å². The summed E-state index contributed by atoms with van der Waals surface area (Å²) < 4.78 is 0. The van der Waals surface area contributed by atoms with Gasteiger partial charge in [-0.15, -0.1) is 0 Å². The zero-order chi connectivity index (χ0) is 24.5. The molecule has 2 aromatic carbocycles. The van der Waals surface area contributed by atoms with Crippen molar-refractivity contribution in [3.05, 3.63) is 76.5 Å². The fraction of sp³-hybridized carbons (Fsp3) is 0.357. The standard InChI is InChI=1S/C21H24N2OS.C7H10ClN/c1-3-4-5-8-13-22-21(24)16-11-12-20-18(14-16)23-15(2)17-9-6-7-10-19(17)25-20;1-6-3-4-7(8)5-9(6)2/h6-7,9-12,14H,3-5,8,13H2,1-2H3,(H,22,24);3-4H,5H2,1-2H3. The molecule has 0 aliphatic carbocycles. The highest BCUT2D eigenvalue weighted by atomic mass is 35.5. The molecule has 0 aromatic heterocycles. The van der Waals surface area contributed by atoms with Crippen molar-refractivity contribution in [2.24, 2.45) is 4.99 Å². The lowest BCUT2D eigenvalue weighted by atomic mass is 10.1. The molecule has 0 atom stereocenters. The van der Waals surface area contributed by atoms with Crippen LogP contribution in [0.3, 0.4) is 0 Å². The number of hydrogen-bond acceptors (Lipinski definition) is 4. The minimum absolute atomic E-state index is 0.0149. The van der Waals surface area contributed by atoms with E-state index < -0.39 is 0 Å². The van der Waals surface area contributed by atoms with Gasteiger partial charge in [-0.3, -0.25) is 9.79 Å². The summed E-state index contributed by atoms with van der Waals surface area (Å²) >= 11 is 7.46. The Hall–Kier alpha value is -2.50. The molecule has 2 aromatic rings. The maximum Gasteiger partial charge on any atom is 0.251 e. The van der Waals surface area contributed by atoms with Crippen LogP contribution in [0.4, 0.5) is 5.69 Å². The van der Waals surface area contributed by atoms with Gasteiger partial charge in [0.25, 0.3) is 5.91 Å². The Labute approximate surface area is 213 Å². The van der Waals surface area contributed by atoms with Gasteiger partial charge in [-0.2, -0.15) is 0 Å². The smallest absolute Gasteiger partial charge is 0.251 e. The van der Waals surface area contributed by atoms with Crippen molar-refractivity contribution >= 4 is 40.7 Å². The quantitative estimate of drug-likeness (QED) is 0.420. The Balaban J connectivity index is 0.000000302. The summed E-state index contributed by atoms with van der Waals surface area (Å²) in [7, 11) is 2.03. The van der Waals surface area contributed by atoms with Crippen LogP contribution >= 0.6 is 23.4 Å². The van der Waals surface area contributed by atoms with Gasteiger partial charge in [0.15, 0.2) is 0 Å². The Morgan fingerprint density at radius 3 is 2.62 bits per heavy atom. The van der Waals surface area contributed by atoms with Crippen LogP contribution in [0.1, 0.15) is 62.4 Å². The molecule has 0 bridgehead atoms. The molecule has 4 rings (SSSR count). The van der Waals surface area contributed by atoms with Gasteiger partial charge < -0.3 is 10.2 Å². The molecule has 6 heteroatoms. The summed E-state index contributed by atoms with van der Waals surface area (Å²) in [6.07, 6.45) is 8.59. The zero-order valence-corrected chi connectivity index (χ0v) is 22.1. The largest absolute Gasteiger partial charge is 0.373 e. The number of likely N-dealkylation sites (N-methyl/N-ethyl adjacent to an activating group) is 1. The lowest BCUT2D eigenvalue weighted by Gasteiger charge is -2.21. The van der Waals surface area contributed by atoms with Gasteiger partial charge >= 0.3 is 0 Å². The fourth-order valence-electron chi connectivity index (χ4n) is 3.64. The average molecular weight is 496 g/mol. The summed E-state index contributed by atoms with van der Waals surface area (Å²) in [5.41, 5.74) is 4.96. The van der Waals surface area contributed by atoms with Crippen molar-refractivity contribution in [2.45, 2.75) is 56.2 Å². The van der Waals surface area contributed by atoms with E-state index in [-0.39, 0.29) is 5.91 Å². The highest BCUT2D eigenvalue weighted by molar-refractivity contribution is 7.99. The van der Waals surface area contributed by atoms with Crippen LogP contribution in [-0.2, 0) is 0 Å². The molecular weight excluding hydrogens is 462 g/mol. The number of carbonyl (C=O) groups is 1. The third-order valence-electron chi connectivity index (χ3n) is 5.82. The third kappa shape index (κ3) is 7.25. The second-order valence-corrected chi connectivity index (χ2v) is 10.1. The molecule has 2 aliphatic rings. The van der Waals surface area contributed by atoms with Gasteiger partial charge in [-0.25, -0.2) is 0 Å². The van der Waals surface area contributed by atoms with Gasteiger partial charge in [0.1, 0.15) is 0 Å². The first-order valence-electron chi connectivity index (χ1n) is 11.9. The topological polar surface area (TPSA) is 44.7 Å². The summed E-state index contributed by atoms with van der Waals surface area (Å²) in [6.45, 7) is 7.87. The highest BCUT2D eigenvalue weighted by Gasteiger charge is 2.16. The maximum absolute atomic E-state index is 12.4. The summed E-state index contributed by atoms with van der Waals surface area (Å²) in [6, 6.07) is 14.1. The number of amides is 1. The molecule has 1 amide bonds. The first-order chi connectivity index (χ1) is 16.4. The second kappa shape index (κ2) is 12.8. The Morgan fingerprint density at radius 2 is 1.88 bits per heavy atom. The van der Waals surface area contributed by atoms with Crippen molar-refractivity contribution in [1.82, 2.24) is 10.2 Å². The SMILES string of the molecule is CC1=CC=C(Cl)CN1C.CCCCCCNC(=O)c1ccc2c(c1)N=C(C)c1ccccc1S2. The van der Waals surface area contributed by atoms with Crippen LogP contribution < -0.4 is 5.32 Å². The van der Waals surface area contributed by atoms with Crippen molar-refractivity contribution < 1.29 is 4.79 Å². The van der Waals surface area contributed by atoms with Gasteiger partial charge in [0.2, 0.25) is 0 Å². The third-order valence-corrected chi connectivity index (χ3v) is 7.20. The molecule has 180 valence electrons. The summed E-state index contributed by atoms with van der Waals surface area (Å²) in [5.74, 6) is -0.0149. The molecule has 0 unspecified atom stereocenters. The number of halogens is 1. The molecule has 2 aliphatic heterocycles. The lowest BCUT2D eigenvalue weighted by molar-refractivity contribution is 0.0953. The first kappa shape index (κ1) is 26.1. The zero-order valence-electron chi connectivity index (χ0n) is 20.5. The van der Waals surface area contributed by atoms with Crippen molar-refractivity contribution in [1.29, 1.82) is 0 Å².